The van der Waals surface area contributed by atoms with E-state index < -0.39 is 11.2 Å². The van der Waals surface area contributed by atoms with Gasteiger partial charge in [0.1, 0.15) is 0 Å². The van der Waals surface area contributed by atoms with Crippen molar-refractivity contribution in [3.05, 3.63) is 20.8 Å². The third-order valence-electron chi connectivity index (χ3n) is 4.20. The van der Waals surface area contributed by atoms with Crippen molar-refractivity contribution >= 4 is 5.82 Å². The fraction of sp³-hybridized carbons (Fsp3) is 0.750. The Labute approximate surface area is 110 Å². The van der Waals surface area contributed by atoms with Gasteiger partial charge in [-0.3, -0.25) is 9.78 Å². The molecule has 3 rings (SSSR count). The zero-order valence-electron chi connectivity index (χ0n) is 11.0. The van der Waals surface area contributed by atoms with Gasteiger partial charge in [-0.05, 0) is 32.6 Å². The van der Waals surface area contributed by atoms with Crippen molar-refractivity contribution in [2.24, 2.45) is 0 Å². The molecule has 2 bridgehead atoms. The first-order valence-electron chi connectivity index (χ1n) is 6.89. The Morgan fingerprint density at radius 1 is 1.26 bits per heavy atom. The van der Waals surface area contributed by atoms with Crippen LogP contribution in [0.4, 0.5) is 5.82 Å². The smallest absolute Gasteiger partial charge is 0.342 e. The van der Waals surface area contributed by atoms with Gasteiger partial charge in [0.2, 0.25) is 5.82 Å². The normalized spacial score (nSPS) is 29.4. The predicted molar refractivity (Wildman–Crippen MR) is 71.5 cm³/mol. The Bertz CT molecular complexity index is 554. The molecule has 3 heterocycles. The van der Waals surface area contributed by atoms with E-state index in [1.165, 1.54) is 12.8 Å². The highest BCUT2D eigenvalue weighted by atomic mass is 16.2. The van der Waals surface area contributed by atoms with Gasteiger partial charge < -0.3 is 10.2 Å². The number of H-pyrrole nitrogens is 2. The van der Waals surface area contributed by atoms with Gasteiger partial charge in [0.15, 0.2) is 0 Å². The van der Waals surface area contributed by atoms with E-state index in [0.29, 0.717) is 30.5 Å². The molecule has 0 radical (unpaired) electrons. The largest absolute Gasteiger partial charge is 0.348 e. The molecule has 0 saturated carbocycles. The number of nitrogens with one attached hydrogen (secondary N) is 3. The van der Waals surface area contributed by atoms with Crippen LogP contribution in [0.15, 0.2) is 9.59 Å². The topological polar surface area (TPSA) is 93.9 Å². The Hall–Kier alpha value is -1.63. The molecule has 2 atom stereocenters. The molecule has 0 spiro atoms. The summed E-state index contributed by atoms with van der Waals surface area (Å²) in [6, 6.07) is 1.43. The van der Waals surface area contributed by atoms with Gasteiger partial charge in [0.05, 0.1) is 0 Å². The van der Waals surface area contributed by atoms with Crippen LogP contribution in [0, 0.1) is 0 Å². The summed E-state index contributed by atoms with van der Waals surface area (Å²) < 4.78 is 0. The zero-order chi connectivity index (χ0) is 13.4. The molecule has 2 unspecified atom stereocenters. The van der Waals surface area contributed by atoms with Crippen molar-refractivity contribution in [3.8, 4) is 0 Å². The number of piperidine rings is 1. The van der Waals surface area contributed by atoms with Gasteiger partial charge in [-0.1, -0.05) is 0 Å². The molecule has 19 heavy (non-hydrogen) atoms. The summed E-state index contributed by atoms with van der Waals surface area (Å²) in [6.45, 7) is 2.72. The molecule has 7 heteroatoms. The summed E-state index contributed by atoms with van der Waals surface area (Å²) in [4.78, 5) is 27.2. The summed E-state index contributed by atoms with van der Waals surface area (Å²) in [5, 5.41) is 9.82. The first-order valence-corrected chi connectivity index (χ1v) is 6.89. The standard InChI is InChI=1S/C12H19N5O2/c1-2-17(10-11(18)14-12(19)16-15-10)9-5-7-3-4-8(6-9)13-7/h7-9,13H,2-6H2,1H3,(H2,14,16,18,19). The maximum atomic E-state index is 11.9. The SMILES string of the molecule is CCN(c1n[nH]c(=O)[nH]c1=O)C1CC2CCC(C1)N2. The van der Waals surface area contributed by atoms with Crippen LogP contribution < -0.4 is 21.5 Å². The Morgan fingerprint density at radius 2 is 1.95 bits per heavy atom. The Balaban J connectivity index is 1.88. The molecule has 104 valence electrons. The number of fused-ring (bicyclic) bond motifs is 2. The van der Waals surface area contributed by atoms with E-state index in [0.717, 1.165) is 12.8 Å². The first-order chi connectivity index (χ1) is 9.17. The van der Waals surface area contributed by atoms with E-state index in [4.69, 9.17) is 0 Å². The average Bonchev–Trinajstić information content (AvgIpc) is 2.72. The highest BCUT2D eigenvalue weighted by Gasteiger charge is 2.36. The van der Waals surface area contributed by atoms with Gasteiger partial charge in [0, 0.05) is 24.7 Å². The summed E-state index contributed by atoms with van der Waals surface area (Å²) in [5.41, 5.74) is -0.966. The minimum Gasteiger partial charge on any atom is -0.348 e. The zero-order valence-corrected chi connectivity index (χ0v) is 11.0. The highest BCUT2D eigenvalue weighted by molar-refractivity contribution is 5.36. The van der Waals surface area contributed by atoms with Crippen LogP contribution in [-0.2, 0) is 0 Å². The molecule has 2 aliphatic rings. The molecule has 0 aromatic carbocycles. The molecule has 0 aliphatic carbocycles. The number of rotatable bonds is 3. The first kappa shape index (κ1) is 12.4. The lowest BCUT2D eigenvalue weighted by atomic mass is 9.98. The lowest BCUT2D eigenvalue weighted by Gasteiger charge is -2.37. The van der Waals surface area contributed by atoms with Crippen molar-refractivity contribution in [2.75, 3.05) is 11.4 Å². The van der Waals surface area contributed by atoms with Crippen molar-refractivity contribution in [3.63, 3.8) is 0 Å². The number of aromatic amines is 2. The summed E-state index contributed by atoms with van der Waals surface area (Å²) in [6.07, 6.45) is 4.50. The maximum Gasteiger partial charge on any atom is 0.342 e. The number of hydrogen-bond acceptors (Lipinski definition) is 5. The summed E-state index contributed by atoms with van der Waals surface area (Å²) in [5.74, 6) is 0.327. The fourth-order valence-electron chi connectivity index (χ4n) is 3.40. The highest BCUT2D eigenvalue weighted by Crippen LogP contribution is 2.30. The van der Waals surface area contributed by atoms with E-state index >= 15 is 0 Å². The van der Waals surface area contributed by atoms with Gasteiger partial charge in [0.25, 0.3) is 5.56 Å². The number of nitrogens with zero attached hydrogens (tertiary/aromatic N) is 2. The Morgan fingerprint density at radius 3 is 2.53 bits per heavy atom. The van der Waals surface area contributed by atoms with Gasteiger partial charge >= 0.3 is 5.69 Å². The van der Waals surface area contributed by atoms with E-state index in [2.05, 4.69) is 20.5 Å². The maximum absolute atomic E-state index is 11.9. The van der Waals surface area contributed by atoms with Crippen molar-refractivity contribution in [2.45, 2.75) is 50.7 Å². The minimum absolute atomic E-state index is 0.322. The third kappa shape index (κ3) is 2.30. The van der Waals surface area contributed by atoms with E-state index in [9.17, 15) is 9.59 Å². The average molecular weight is 265 g/mol. The lowest BCUT2D eigenvalue weighted by molar-refractivity contribution is 0.347. The third-order valence-corrected chi connectivity index (χ3v) is 4.20. The number of hydrogen-bond donors (Lipinski definition) is 3. The van der Waals surface area contributed by atoms with Crippen molar-refractivity contribution < 1.29 is 0 Å². The van der Waals surface area contributed by atoms with Crippen molar-refractivity contribution in [1.82, 2.24) is 20.5 Å². The molecule has 1 aromatic rings. The molecule has 2 fully saturated rings. The molecule has 7 nitrogen and oxygen atoms in total. The second-order valence-corrected chi connectivity index (χ2v) is 5.38. The molecular formula is C12H19N5O2. The van der Waals surface area contributed by atoms with Gasteiger partial charge in [-0.15, -0.1) is 5.10 Å². The lowest BCUT2D eigenvalue weighted by Crippen LogP contribution is -2.50. The molecule has 2 saturated heterocycles. The van der Waals surface area contributed by atoms with Crippen LogP contribution in [0.5, 0.6) is 0 Å². The van der Waals surface area contributed by atoms with E-state index in [1.807, 2.05) is 11.8 Å². The summed E-state index contributed by atoms with van der Waals surface area (Å²) >= 11 is 0. The van der Waals surface area contributed by atoms with E-state index in [-0.39, 0.29) is 0 Å². The number of anilines is 1. The van der Waals surface area contributed by atoms with Crippen LogP contribution in [-0.4, -0.2) is 39.9 Å². The fourth-order valence-corrected chi connectivity index (χ4v) is 3.40. The van der Waals surface area contributed by atoms with Crippen LogP contribution in [0.3, 0.4) is 0 Å². The van der Waals surface area contributed by atoms with Crippen LogP contribution in [0.2, 0.25) is 0 Å². The minimum atomic E-state index is -0.560. The summed E-state index contributed by atoms with van der Waals surface area (Å²) in [7, 11) is 0. The van der Waals surface area contributed by atoms with Crippen LogP contribution in [0.25, 0.3) is 0 Å². The molecule has 2 aliphatic heterocycles. The van der Waals surface area contributed by atoms with Crippen molar-refractivity contribution in [1.29, 1.82) is 0 Å². The van der Waals surface area contributed by atoms with Gasteiger partial charge in [-0.2, -0.15) is 0 Å². The second-order valence-electron chi connectivity index (χ2n) is 5.38. The monoisotopic (exact) mass is 265 g/mol. The molecule has 0 amide bonds. The van der Waals surface area contributed by atoms with Crippen LogP contribution >= 0.6 is 0 Å². The van der Waals surface area contributed by atoms with E-state index in [1.54, 1.807) is 0 Å². The molecular weight excluding hydrogens is 246 g/mol. The molecule has 1 aromatic heterocycles. The molecule has 3 N–H and O–H groups in total. The Kier molecular flexibility index (Phi) is 3.14. The number of aromatic nitrogens is 3. The second kappa shape index (κ2) is 4.80. The quantitative estimate of drug-likeness (QED) is 0.689. The predicted octanol–water partition coefficient (Wildman–Crippen LogP) is -0.432. The van der Waals surface area contributed by atoms with Crippen LogP contribution in [0.1, 0.15) is 32.6 Å². The van der Waals surface area contributed by atoms with Gasteiger partial charge in [-0.25, -0.2) is 9.89 Å².